The Bertz CT molecular complexity index is 738. The largest absolute Gasteiger partial charge is 0.423 e. The third-order valence-electron chi connectivity index (χ3n) is 8.19. The predicted octanol–water partition coefficient (Wildman–Crippen LogP) is 2.08. The highest BCUT2D eigenvalue weighted by molar-refractivity contribution is 5.94. The molecule has 0 unspecified atom stereocenters. The highest BCUT2D eigenvalue weighted by Gasteiger charge is 2.74. The van der Waals surface area contributed by atoms with Gasteiger partial charge in [0.15, 0.2) is 0 Å². The molecule has 0 bridgehead atoms. The fraction of sp³-hybridized carbons (Fsp3) is 0.750. The van der Waals surface area contributed by atoms with Gasteiger partial charge < -0.3 is 19.7 Å². The monoisotopic (exact) mass is 346 g/mol. The summed E-state index contributed by atoms with van der Waals surface area (Å²) in [6.45, 7) is 6.11. The van der Waals surface area contributed by atoms with Gasteiger partial charge in [-0.05, 0) is 50.0 Å². The van der Waals surface area contributed by atoms with Crippen LogP contribution in [-0.2, 0) is 14.3 Å². The summed E-state index contributed by atoms with van der Waals surface area (Å²) in [6, 6.07) is 0. The van der Waals surface area contributed by atoms with Crippen molar-refractivity contribution < 1.29 is 24.5 Å². The first-order valence-corrected chi connectivity index (χ1v) is 9.40. The molecule has 0 amide bonds. The number of fused-ring (bicyclic) bond motifs is 4. The van der Waals surface area contributed by atoms with E-state index in [1.54, 1.807) is 0 Å². The van der Waals surface area contributed by atoms with Crippen molar-refractivity contribution in [1.29, 1.82) is 0 Å². The Kier molecular flexibility index (Phi) is 2.93. The number of rotatable bonds is 1. The van der Waals surface area contributed by atoms with Crippen LogP contribution in [0.5, 0.6) is 0 Å². The van der Waals surface area contributed by atoms with E-state index in [-0.39, 0.29) is 41.5 Å². The smallest absolute Gasteiger partial charge is 0.339 e. The molecule has 1 saturated heterocycles. The van der Waals surface area contributed by atoms with Crippen molar-refractivity contribution in [3.8, 4) is 0 Å². The summed E-state index contributed by atoms with van der Waals surface area (Å²) in [7, 11) is 0. The quantitative estimate of drug-likeness (QED) is 0.561. The topological polar surface area (TPSA) is 79.3 Å². The van der Waals surface area contributed by atoms with Gasteiger partial charge in [0.25, 0.3) is 0 Å². The van der Waals surface area contributed by atoms with Gasteiger partial charge in [0.1, 0.15) is 17.5 Å². The molecule has 25 heavy (non-hydrogen) atoms. The zero-order chi connectivity index (χ0) is 17.8. The first kappa shape index (κ1) is 16.0. The molecule has 0 radical (unpaired) electrons. The average Bonchev–Trinajstić information content (AvgIpc) is 3.23. The van der Waals surface area contributed by atoms with Crippen molar-refractivity contribution in [2.24, 2.45) is 22.7 Å². The molecular weight excluding hydrogens is 320 g/mol. The minimum Gasteiger partial charge on any atom is -0.423 e. The summed E-state index contributed by atoms with van der Waals surface area (Å²) < 4.78 is 11.8. The maximum absolute atomic E-state index is 12.0. The molecule has 7 atom stereocenters. The zero-order valence-electron chi connectivity index (χ0n) is 15.0. The lowest BCUT2D eigenvalue weighted by molar-refractivity contribution is -0.167. The van der Waals surface area contributed by atoms with Crippen molar-refractivity contribution >= 4 is 5.97 Å². The molecular formula is C20H26O5. The summed E-state index contributed by atoms with van der Waals surface area (Å²) >= 11 is 0. The minimum atomic E-state index is -0.490. The summed E-state index contributed by atoms with van der Waals surface area (Å²) in [6.07, 6.45) is 5.03. The van der Waals surface area contributed by atoms with Crippen molar-refractivity contribution in [2.75, 3.05) is 6.61 Å². The van der Waals surface area contributed by atoms with Crippen LogP contribution in [0.2, 0.25) is 0 Å². The molecule has 3 fully saturated rings. The van der Waals surface area contributed by atoms with E-state index in [2.05, 4.69) is 13.0 Å². The van der Waals surface area contributed by atoms with Crippen LogP contribution in [-0.4, -0.2) is 40.6 Å². The molecule has 5 heteroatoms. The normalized spacial score (nSPS) is 53.3. The van der Waals surface area contributed by atoms with Crippen LogP contribution in [0.1, 0.15) is 46.5 Å². The number of carbonyl (C=O) groups excluding carboxylic acids is 1. The Morgan fingerprint density at radius 3 is 2.76 bits per heavy atom. The molecule has 2 N–H and O–H groups in total. The highest BCUT2D eigenvalue weighted by atomic mass is 16.6. The number of aliphatic hydroxyl groups excluding tert-OH is 2. The van der Waals surface area contributed by atoms with Gasteiger partial charge in [-0.25, -0.2) is 4.79 Å². The molecule has 2 saturated carbocycles. The van der Waals surface area contributed by atoms with Crippen LogP contribution in [0.4, 0.5) is 0 Å². The molecule has 5 nitrogen and oxygen atoms in total. The number of aliphatic hydroxyl groups is 2. The van der Waals surface area contributed by atoms with E-state index in [1.807, 2.05) is 13.8 Å². The van der Waals surface area contributed by atoms with Gasteiger partial charge in [-0.15, -0.1) is 0 Å². The number of esters is 1. The lowest BCUT2D eigenvalue weighted by Gasteiger charge is -2.60. The third kappa shape index (κ3) is 1.68. The van der Waals surface area contributed by atoms with E-state index in [0.717, 1.165) is 24.8 Å². The Balaban J connectivity index is 1.62. The first-order chi connectivity index (χ1) is 11.8. The molecule has 136 valence electrons. The number of hydrogen-bond acceptors (Lipinski definition) is 5. The van der Waals surface area contributed by atoms with Crippen molar-refractivity contribution in [3.05, 3.63) is 23.0 Å². The molecule has 2 aliphatic heterocycles. The Morgan fingerprint density at radius 2 is 2.04 bits per heavy atom. The van der Waals surface area contributed by atoms with Gasteiger partial charge in [0.05, 0.1) is 12.7 Å². The van der Waals surface area contributed by atoms with E-state index in [9.17, 15) is 15.0 Å². The maximum atomic E-state index is 12.0. The molecule has 5 aliphatic rings. The SMILES string of the molecule is CC1=C2C(=C[C@H]3[C@]4(C)CC[C@@H](O)[C@@](C)(CO)[C@H]4CC[C@]34O[C@H]24)OC1=O. The second kappa shape index (κ2) is 4.56. The van der Waals surface area contributed by atoms with Crippen molar-refractivity contribution in [2.45, 2.75) is 64.3 Å². The fourth-order valence-corrected chi connectivity index (χ4v) is 6.64. The van der Waals surface area contributed by atoms with E-state index >= 15 is 0 Å². The van der Waals surface area contributed by atoms with Gasteiger partial charge in [0, 0.05) is 22.5 Å². The lowest BCUT2D eigenvalue weighted by atomic mass is 9.44. The van der Waals surface area contributed by atoms with Crippen LogP contribution in [0.15, 0.2) is 23.0 Å². The van der Waals surface area contributed by atoms with Gasteiger partial charge in [-0.1, -0.05) is 13.8 Å². The summed E-state index contributed by atoms with van der Waals surface area (Å²) in [5.41, 5.74) is 0.834. The van der Waals surface area contributed by atoms with E-state index in [1.165, 1.54) is 0 Å². The Labute approximate surface area is 147 Å². The average molecular weight is 346 g/mol. The van der Waals surface area contributed by atoms with E-state index < -0.39 is 11.5 Å². The van der Waals surface area contributed by atoms with Gasteiger partial charge >= 0.3 is 5.97 Å². The Morgan fingerprint density at radius 1 is 1.28 bits per heavy atom. The second-order valence-electron chi connectivity index (χ2n) is 9.21. The molecule has 0 aromatic heterocycles. The molecule has 0 aromatic rings. The van der Waals surface area contributed by atoms with Crippen LogP contribution >= 0.6 is 0 Å². The number of hydrogen-bond donors (Lipinski definition) is 2. The molecule has 2 heterocycles. The van der Waals surface area contributed by atoms with Gasteiger partial charge in [-0.2, -0.15) is 0 Å². The standard InChI is InChI=1S/C20H26O5/c1-10-15-11(24-17(10)23)8-13-18(2)6-5-14(22)19(3,9-21)12(18)4-7-20(13)16(15)25-20/h8,12-14,16,21-22H,4-7,9H2,1-3H3/t12-,13-,14+,16+,18+,19-,20-/m0/s1. The van der Waals surface area contributed by atoms with Gasteiger partial charge in [-0.3, -0.25) is 0 Å². The van der Waals surface area contributed by atoms with Crippen LogP contribution < -0.4 is 0 Å². The Hall–Kier alpha value is -1.17. The maximum Gasteiger partial charge on any atom is 0.339 e. The summed E-state index contributed by atoms with van der Waals surface area (Å²) in [4.78, 5) is 12.0. The fourth-order valence-electron chi connectivity index (χ4n) is 6.64. The van der Waals surface area contributed by atoms with Crippen molar-refractivity contribution in [1.82, 2.24) is 0 Å². The van der Waals surface area contributed by atoms with E-state index in [4.69, 9.17) is 9.47 Å². The minimum absolute atomic E-state index is 0.00571. The summed E-state index contributed by atoms with van der Waals surface area (Å²) in [5.74, 6) is 0.796. The molecule has 0 aromatic carbocycles. The highest BCUT2D eigenvalue weighted by Crippen LogP contribution is 2.71. The van der Waals surface area contributed by atoms with Crippen LogP contribution in [0, 0.1) is 22.7 Å². The molecule has 3 aliphatic carbocycles. The van der Waals surface area contributed by atoms with Gasteiger partial charge in [0.2, 0.25) is 0 Å². The molecule has 1 spiro atoms. The number of carbonyl (C=O) groups is 1. The zero-order valence-corrected chi connectivity index (χ0v) is 15.0. The van der Waals surface area contributed by atoms with E-state index in [0.29, 0.717) is 17.8 Å². The lowest BCUT2D eigenvalue weighted by Crippen LogP contribution is -2.60. The van der Waals surface area contributed by atoms with Crippen LogP contribution in [0.25, 0.3) is 0 Å². The predicted molar refractivity (Wildman–Crippen MR) is 89.2 cm³/mol. The third-order valence-corrected chi connectivity index (χ3v) is 8.19. The number of ether oxygens (including phenoxy) is 2. The molecule has 5 rings (SSSR count). The van der Waals surface area contributed by atoms with Crippen LogP contribution in [0.3, 0.4) is 0 Å². The first-order valence-electron chi connectivity index (χ1n) is 9.40. The second-order valence-corrected chi connectivity index (χ2v) is 9.21. The summed E-state index contributed by atoms with van der Waals surface area (Å²) in [5, 5.41) is 20.7. The van der Waals surface area contributed by atoms with Crippen molar-refractivity contribution in [3.63, 3.8) is 0 Å². The number of epoxide rings is 1.